The predicted octanol–water partition coefficient (Wildman–Crippen LogP) is 2.05. The fourth-order valence-electron chi connectivity index (χ4n) is 1.10. The maximum Gasteiger partial charge on any atom is 0.214 e. The zero-order valence-corrected chi connectivity index (χ0v) is 8.09. The van der Waals surface area contributed by atoms with Crippen molar-refractivity contribution in [2.24, 2.45) is 0 Å². The molecule has 0 aliphatic rings. The molecule has 0 aliphatic carbocycles. The van der Waals surface area contributed by atoms with Gasteiger partial charge >= 0.3 is 0 Å². The van der Waals surface area contributed by atoms with E-state index in [4.69, 9.17) is 0 Å². The number of aromatic nitrogens is 2. The van der Waals surface area contributed by atoms with Gasteiger partial charge in [-0.2, -0.15) is 0 Å². The molecule has 2 rings (SSSR count). The summed E-state index contributed by atoms with van der Waals surface area (Å²) in [5, 5.41) is 4.95. The van der Waals surface area contributed by atoms with Gasteiger partial charge in [0.05, 0.1) is 0 Å². The summed E-state index contributed by atoms with van der Waals surface area (Å²) in [6.07, 6.45) is 0. The first kappa shape index (κ1) is 9.85. The van der Waals surface area contributed by atoms with Crippen LogP contribution in [0.25, 0.3) is 0 Å². The topological polar surface area (TPSA) is 42.9 Å². The van der Waals surface area contributed by atoms with Gasteiger partial charge in [0.15, 0.2) is 0 Å². The molecule has 0 saturated carbocycles. The third-order valence-corrected chi connectivity index (χ3v) is 2.22. The minimum atomic E-state index is -0.790. The molecule has 0 aliphatic heterocycles. The Bertz CT molecular complexity index is 479. The zero-order chi connectivity index (χ0) is 10.8. The Balaban J connectivity index is 2.42. The van der Waals surface area contributed by atoms with E-state index in [2.05, 4.69) is 9.59 Å². The summed E-state index contributed by atoms with van der Waals surface area (Å²) in [6, 6.07) is 2.63. The van der Waals surface area contributed by atoms with Crippen LogP contribution in [0, 0.1) is 11.6 Å². The van der Waals surface area contributed by atoms with Crippen molar-refractivity contribution in [3.63, 3.8) is 0 Å². The minimum Gasteiger partial charge on any atom is -0.287 e. The number of rotatable bonds is 2. The van der Waals surface area contributed by atoms with Crippen molar-refractivity contribution in [2.75, 3.05) is 0 Å². The fraction of sp³-hybridized carbons (Fsp3) is 0. The average Bonchev–Trinajstić information content (AvgIpc) is 2.67. The molecular weight excluding hydrogens is 222 g/mol. The molecule has 0 spiro atoms. The first-order valence-electron chi connectivity index (χ1n) is 3.94. The Hall–Kier alpha value is -1.69. The van der Waals surface area contributed by atoms with Crippen LogP contribution < -0.4 is 0 Å². The van der Waals surface area contributed by atoms with Crippen molar-refractivity contribution < 1.29 is 13.6 Å². The first-order chi connectivity index (χ1) is 7.16. The lowest BCUT2D eigenvalue weighted by Crippen LogP contribution is -2.03. The molecule has 0 fully saturated rings. The Morgan fingerprint density at radius 2 is 1.87 bits per heavy atom. The molecule has 0 N–H and O–H groups in total. The second kappa shape index (κ2) is 3.82. The zero-order valence-electron chi connectivity index (χ0n) is 7.28. The van der Waals surface area contributed by atoms with Gasteiger partial charge in [0.2, 0.25) is 5.78 Å². The number of carbonyl (C=O) groups is 1. The van der Waals surface area contributed by atoms with Gasteiger partial charge in [0.1, 0.15) is 17.3 Å². The lowest BCUT2D eigenvalue weighted by Gasteiger charge is -1.97. The monoisotopic (exact) mass is 226 g/mol. The van der Waals surface area contributed by atoms with E-state index in [1.165, 1.54) is 5.38 Å². The van der Waals surface area contributed by atoms with Gasteiger partial charge in [0.25, 0.3) is 0 Å². The van der Waals surface area contributed by atoms with E-state index in [9.17, 15) is 13.6 Å². The maximum absolute atomic E-state index is 12.8. The van der Waals surface area contributed by atoms with Crippen molar-refractivity contribution in [3.05, 3.63) is 46.5 Å². The molecule has 1 aromatic heterocycles. The quantitative estimate of drug-likeness (QED) is 0.736. The van der Waals surface area contributed by atoms with Crippen LogP contribution in [0.15, 0.2) is 23.6 Å². The predicted molar refractivity (Wildman–Crippen MR) is 49.7 cm³/mol. The summed E-state index contributed by atoms with van der Waals surface area (Å²) >= 11 is 1.00. The van der Waals surface area contributed by atoms with Crippen LogP contribution in [0.3, 0.4) is 0 Å². The molecule has 0 bridgehead atoms. The van der Waals surface area contributed by atoms with Crippen LogP contribution in [-0.4, -0.2) is 15.4 Å². The molecule has 15 heavy (non-hydrogen) atoms. The lowest BCUT2D eigenvalue weighted by molar-refractivity contribution is 0.103. The SMILES string of the molecule is O=C(c1cc(F)cc(F)c1)c1csnn1. The largest absolute Gasteiger partial charge is 0.287 e. The molecule has 0 radical (unpaired) electrons. The number of carbonyl (C=O) groups excluding carboxylic acids is 1. The van der Waals surface area contributed by atoms with E-state index in [1.54, 1.807) is 0 Å². The number of hydrogen-bond acceptors (Lipinski definition) is 4. The summed E-state index contributed by atoms with van der Waals surface area (Å²) in [4.78, 5) is 11.6. The molecule has 0 unspecified atom stereocenters. The normalized spacial score (nSPS) is 10.3. The van der Waals surface area contributed by atoms with Gasteiger partial charge in [0, 0.05) is 17.0 Å². The molecule has 1 aromatic carbocycles. The van der Waals surface area contributed by atoms with Crippen molar-refractivity contribution in [2.45, 2.75) is 0 Å². The molecule has 2 aromatic rings. The van der Waals surface area contributed by atoms with Gasteiger partial charge in [-0.25, -0.2) is 8.78 Å². The van der Waals surface area contributed by atoms with Crippen LogP contribution in [-0.2, 0) is 0 Å². The fourth-order valence-corrected chi connectivity index (χ4v) is 1.53. The Kier molecular flexibility index (Phi) is 2.51. The Morgan fingerprint density at radius 3 is 2.40 bits per heavy atom. The van der Waals surface area contributed by atoms with E-state index in [0.717, 1.165) is 23.7 Å². The van der Waals surface area contributed by atoms with Crippen molar-refractivity contribution in [1.29, 1.82) is 0 Å². The molecule has 0 saturated heterocycles. The third kappa shape index (κ3) is 2.04. The average molecular weight is 226 g/mol. The second-order valence-corrected chi connectivity index (χ2v) is 3.39. The van der Waals surface area contributed by atoms with Crippen LogP contribution in [0.4, 0.5) is 8.78 Å². The summed E-state index contributed by atoms with van der Waals surface area (Å²) in [6.45, 7) is 0. The molecule has 76 valence electrons. The van der Waals surface area contributed by atoms with Gasteiger partial charge in [-0.05, 0) is 23.7 Å². The maximum atomic E-state index is 12.8. The third-order valence-electron chi connectivity index (χ3n) is 1.72. The van der Waals surface area contributed by atoms with Crippen molar-refractivity contribution in [3.8, 4) is 0 Å². The lowest BCUT2D eigenvalue weighted by atomic mass is 10.1. The number of hydrogen-bond donors (Lipinski definition) is 0. The van der Waals surface area contributed by atoms with E-state index in [1.807, 2.05) is 0 Å². The number of halogens is 2. The Morgan fingerprint density at radius 1 is 1.20 bits per heavy atom. The summed E-state index contributed by atoms with van der Waals surface area (Å²) in [5.74, 6) is -2.12. The Labute approximate surface area is 87.5 Å². The molecule has 0 amide bonds. The molecule has 1 heterocycles. The second-order valence-electron chi connectivity index (χ2n) is 2.78. The molecule has 3 nitrogen and oxygen atoms in total. The van der Waals surface area contributed by atoms with E-state index in [-0.39, 0.29) is 11.3 Å². The van der Waals surface area contributed by atoms with E-state index >= 15 is 0 Å². The van der Waals surface area contributed by atoms with Gasteiger partial charge in [-0.15, -0.1) is 5.10 Å². The van der Waals surface area contributed by atoms with Crippen LogP contribution in [0.1, 0.15) is 16.1 Å². The number of nitrogens with zero attached hydrogens (tertiary/aromatic N) is 2. The van der Waals surface area contributed by atoms with Crippen molar-refractivity contribution in [1.82, 2.24) is 9.59 Å². The number of benzene rings is 1. The van der Waals surface area contributed by atoms with Crippen LogP contribution in [0.2, 0.25) is 0 Å². The number of ketones is 1. The molecular formula is C9H4F2N2OS. The van der Waals surface area contributed by atoms with Crippen LogP contribution in [0.5, 0.6) is 0 Å². The smallest absolute Gasteiger partial charge is 0.214 e. The van der Waals surface area contributed by atoms with E-state index in [0.29, 0.717) is 6.07 Å². The van der Waals surface area contributed by atoms with Gasteiger partial charge < -0.3 is 0 Å². The highest BCUT2D eigenvalue weighted by atomic mass is 32.1. The van der Waals surface area contributed by atoms with Crippen LogP contribution >= 0.6 is 11.5 Å². The minimum absolute atomic E-state index is 0.0693. The summed E-state index contributed by atoms with van der Waals surface area (Å²) in [7, 11) is 0. The molecule has 6 heteroatoms. The highest BCUT2D eigenvalue weighted by Gasteiger charge is 2.13. The standard InChI is InChI=1S/C9H4F2N2OS/c10-6-1-5(2-7(11)3-6)9(14)8-4-15-13-12-8/h1-4H. The molecule has 0 atom stereocenters. The highest BCUT2D eigenvalue weighted by molar-refractivity contribution is 7.03. The van der Waals surface area contributed by atoms with Crippen molar-refractivity contribution >= 4 is 17.3 Å². The summed E-state index contributed by atoms with van der Waals surface area (Å²) < 4.78 is 29.1. The van der Waals surface area contributed by atoms with E-state index < -0.39 is 17.4 Å². The summed E-state index contributed by atoms with van der Waals surface area (Å²) in [5.41, 5.74) is 0.0187. The first-order valence-corrected chi connectivity index (χ1v) is 4.78. The van der Waals surface area contributed by atoms with Gasteiger partial charge in [-0.3, -0.25) is 4.79 Å². The van der Waals surface area contributed by atoms with Gasteiger partial charge in [-0.1, -0.05) is 4.49 Å². The highest BCUT2D eigenvalue weighted by Crippen LogP contribution is 2.12.